The molecular weight excluding hydrogens is 473 g/mol. The Labute approximate surface area is 220 Å². The van der Waals surface area contributed by atoms with Crippen LogP contribution in [0.5, 0.6) is 11.5 Å². The van der Waals surface area contributed by atoms with Crippen molar-refractivity contribution in [2.75, 3.05) is 13.2 Å². The first-order chi connectivity index (χ1) is 18.0. The second-order valence-corrected chi connectivity index (χ2v) is 11.2. The third-order valence-electron chi connectivity index (χ3n) is 8.68. The molecule has 2 fully saturated rings. The number of ether oxygens (including phenoxy) is 2. The number of alkyl halides is 1. The van der Waals surface area contributed by atoms with Crippen LogP contribution in [0.3, 0.4) is 0 Å². The maximum Gasteiger partial charge on any atom is 0.201 e. The topological polar surface area (TPSA) is 18.5 Å². The molecule has 2 aliphatic rings. The molecule has 37 heavy (non-hydrogen) atoms. The van der Waals surface area contributed by atoms with Crippen molar-refractivity contribution in [2.45, 2.75) is 90.6 Å². The van der Waals surface area contributed by atoms with Gasteiger partial charge in [-0.1, -0.05) is 57.6 Å². The molecule has 1 unspecified atom stereocenters. The van der Waals surface area contributed by atoms with E-state index in [-0.39, 0.29) is 17.9 Å². The minimum atomic E-state index is -1.18. The highest BCUT2D eigenvalue weighted by Gasteiger charge is 2.31. The Bertz CT molecular complexity index is 961. The van der Waals surface area contributed by atoms with E-state index in [0.717, 1.165) is 30.6 Å². The molecule has 2 aromatic rings. The van der Waals surface area contributed by atoms with E-state index in [9.17, 15) is 13.2 Å². The van der Waals surface area contributed by atoms with Crippen LogP contribution in [-0.4, -0.2) is 19.4 Å². The second kappa shape index (κ2) is 13.6. The molecule has 0 N–H and O–H groups in total. The molecule has 0 aromatic heterocycles. The molecule has 204 valence electrons. The van der Waals surface area contributed by atoms with Gasteiger partial charge in [-0.25, -0.2) is 8.78 Å². The van der Waals surface area contributed by atoms with Gasteiger partial charge in [-0.3, -0.25) is 0 Å². The van der Waals surface area contributed by atoms with Gasteiger partial charge in [0.15, 0.2) is 11.6 Å². The summed E-state index contributed by atoms with van der Waals surface area (Å²) in [5.74, 6) is 1.33. The maximum absolute atomic E-state index is 14.8. The lowest BCUT2D eigenvalue weighted by Crippen LogP contribution is -2.27. The molecule has 0 heterocycles. The molecule has 0 saturated heterocycles. The fraction of sp³-hybridized carbons (Fsp3) is 0.625. The summed E-state index contributed by atoms with van der Waals surface area (Å²) in [6, 6.07) is 9.69. The SMILES string of the molecule is CCCC1CCC(C2CCC(CC(F)COc3ccc(-c4ccc(OCC)cc4)c(F)c3F)CC2)CC1. The van der Waals surface area contributed by atoms with Crippen LogP contribution in [0.15, 0.2) is 36.4 Å². The first-order valence-corrected chi connectivity index (χ1v) is 14.5. The predicted octanol–water partition coefficient (Wildman–Crippen LogP) is 9.55. The summed E-state index contributed by atoms with van der Waals surface area (Å²) < 4.78 is 55.0. The summed E-state index contributed by atoms with van der Waals surface area (Å²) in [4.78, 5) is 0. The third-order valence-corrected chi connectivity index (χ3v) is 8.68. The summed E-state index contributed by atoms with van der Waals surface area (Å²) in [5, 5.41) is 0. The van der Waals surface area contributed by atoms with E-state index in [4.69, 9.17) is 9.47 Å². The Morgan fingerprint density at radius 3 is 1.97 bits per heavy atom. The quantitative estimate of drug-likeness (QED) is 0.296. The van der Waals surface area contributed by atoms with Gasteiger partial charge < -0.3 is 9.47 Å². The van der Waals surface area contributed by atoms with E-state index in [1.807, 2.05) is 6.92 Å². The molecule has 5 heteroatoms. The number of rotatable bonds is 11. The van der Waals surface area contributed by atoms with Gasteiger partial charge in [-0.05, 0) is 92.5 Å². The van der Waals surface area contributed by atoms with Crippen molar-refractivity contribution in [1.29, 1.82) is 0 Å². The number of hydrogen-bond donors (Lipinski definition) is 0. The van der Waals surface area contributed by atoms with Gasteiger partial charge in [0.05, 0.1) is 6.61 Å². The van der Waals surface area contributed by atoms with Gasteiger partial charge >= 0.3 is 0 Å². The van der Waals surface area contributed by atoms with E-state index in [1.165, 1.54) is 63.5 Å². The van der Waals surface area contributed by atoms with Gasteiger partial charge in [-0.2, -0.15) is 4.39 Å². The first kappa shape index (κ1) is 27.9. The Balaban J connectivity index is 1.22. The van der Waals surface area contributed by atoms with E-state index >= 15 is 0 Å². The van der Waals surface area contributed by atoms with Crippen molar-refractivity contribution >= 4 is 0 Å². The van der Waals surface area contributed by atoms with Crippen molar-refractivity contribution in [1.82, 2.24) is 0 Å². The zero-order valence-electron chi connectivity index (χ0n) is 22.5. The zero-order valence-corrected chi connectivity index (χ0v) is 22.5. The lowest BCUT2D eigenvalue weighted by molar-refractivity contribution is 0.114. The normalized spacial score (nSPS) is 25.0. The Kier molecular flexibility index (Phi) is 10.2. The lowest BCUT2D eigenvalue weighted by Gasteiger charge is -2.38. The van der Waals surface area contributed by atoms with Crippen LogP contribution < -0.4 is 9.47 Å². The molecule has 2 nitrogen and oxygen atoms in total. The molecule has 0 aliphatic heterocycles. The third kappa shape index (κ3) is 7.45. The number of halogens is 3. The van der Waals surface area contributed by atoms with Crippen LogP contribution in [0.2, 0.25) is 0 Å². The fourth-order valence-corrected chi connectivity index (χ4v) is 6.63. The largest absolute Gasteiger partial charge is 0.494 e. The van der Waals surface area contributed by atoms with E-state index in [0.29, 0.717) is 30.3 Å². The van der Waals surface area contributed by atoms with Crippen LogP contribution in [0, 0.1) is 35.3 Å². The molecule has 1 atom stereocenters. The highest BCUT2D eigenvalue weighted by Crippen LogP contribution is 2.43. The Hall–Kier alpha value is -2.17. The average Bonchev–Trinajstić information content (AvgIpc) is 2.91. The smallest absolute Gasteiger partial charge is 0.201 e. The lowest BCUT2D eigenvalue weighted by atomic mass is 9.68. The highest BCUT2D eigenvalue weighted by atomic mass is 19.2. The van der Waals surface area contributed by atoms with Crippen molar-refractivity contribution in [3.63, 3.8) is 0 Å². The Morgan fingerprint density at radius 1 is 0.757 bits per heavy atom. The van der Waals surface area contributed by atoms with Gasteiger partial charge in [0.2, 0.25) is 5.82 Å². The monoisotopic (exact) mass is 516 g/mol. The second-order valence-electron chi connectivity index (χ2n) is 11.2. The van der Waals surface area contributed by atoms with Crippen molar-refractivity contribution in [2.24, 2.45) is 23.7 Å². The van der Waals surface area contributed by atoms with Gasteiger partial charge in [0.1, 0.15) is 18.5 Å². The molecule has 0 radical (unpaired) electrons. The van der Waals surface area contributed by atoms with E-state index in [1.54, 1.807) is 24.3 Å². The summed E-state index contributed by atoms with van der Waals surface area (Å²) in [6.07, 6.45) is 12.0. The van der Waals surface area contributed by atoms with Crippen molar-refractivity contribution in [3.8, 4) is 22.6 Å². The fourth-order valence-electron chi connectivity index (χ4n) is 6.63. The van der Waals surface area contributed by atoms with Crippen molar-refractivity contribution in [3.05, 3.63) is 48.0 Å². The summed E-state index contributed by atoms with van der Waals surface area (Å²) in [7, 11) is 0. The highest BCUT2D eigenvalue weighted by molar-refractivity contribution is 5.66. The minimum Gasteiger partial charge on any atom is -0.494 e. The molecule has 0 spiro atoms. The van der Waals surface area contributed by atoms with Gasteiger partial charge in [-0.15, -0.1) is 0 Å². The maximum atomic E-state index is 14.8. The summed E-state index contributed by atoms with van der Waals surface area (Å²) >= 11 is 0. The van der Waals surface area contributed by atoms with Crippen LogP contribution in [0.4, 0.5) is 13.2 Å². The summed E-state index contributed by atoms with van der Waals surface area (Å²) in [5.41, 5.74) is 0.680. The van der Waals surface area contributed by atoms with Gasteiger partial charge in [0.25, 0.3) is 0 Å². The molecular formula is C32H43F3O2. The molecule has 2 aliphatic carbocycles. The summed E-state index contributed by atoms with van der Waals surface area (Å²) in [6.45, 7) is 4.45. The average molecular weight is 517 g/mol. The van der Waals surface area contributed by atoms with Gasteiger partial charge in [0, 0.05) is 5.56 Å². The Morgan fingerprint density at radius 2 is 1.38 bits per heavy atom. The molecule has 0 amide bonds. The standard InChI is InChI=1S/C32H43F3O2/c1-3-5-22-6-10-24(11-7-22)25-12-8-23(9-13-25)20-27(33)21-37-30-19-18-29(31(34)32(30)35)26-14-16-28(17-15-26)36-4-2/h14-19,22-25,27H,3-13,20-21H2,1-2H3. The molecule has 2 aromatic carbocycles. The number of benzene rings is 2. The van der Waals surface area contributed by atoms with E-state index < -0.39 is 17.8 Å². The van der Waals surface area contributed by atoms with Crippen LogP contribution in [-0.2, 0) is 0 Å². The van der Waals surface area contributed by atoms with Crippen LogP contribution in [0.25, 0.3) is 11.1 Å². The molecule has 2 saturated carbocycles. The zero-order chi connectivity index (χ0) is 26.2. The predicted molar refractivity (Wildman–Crippen MR) is 144 cm³/mol. The van der Waals surface area contributed by atoms with Crippen LogP contribution >= 0.6 is 0 Å². The minimum absolute atomic E-state index is 0.139. The molecule has 4 rings (SSSR count). The van der Waals surface area contributed by atoms with E-state index in [2.05, 4.69) is 6.92 Å². The van der Waals surface area contributed by atoms with Crippen LogP contribution in [0.1, 0.15) is 84.5 Å². The number of hydrogen-bond acceptors (Lipinski definition) is 2. The molecule has 0 bridgehead atoms. The van der Waals surface area contributed by atoms with Crippen molar-refractivity contribution < 1.29 is 22.6 Å². The first-order valence-electron chi connectivity index (χ1n) is 14.5.